The molecular weight excluding hydrogens is 402 g/mol. The summed E-state index contributed by atoms with van der Waals surface area (Å²) < 4.78 is 6.77. The molecule has 0 saturated carbocycles. The van der Waals surface area contributed by atoms with Gasteiger partial charge < -0.3 is 10.1 Å². The lowest BCUT2D eigenvalue weighted by Crippen LogP contribution is -2.13. The molecule has 25 heavy (non-hydrogen) atoms. The summed E-state index contributed by atoms with van der Waals surface area (Å²) in [6.45, 7) is 0.376. The first-order valence-electron chi connectivity index (χ1n) is 7.65. The smallest absolute Gasteiger partial charge is 0.259 e. The lowest BCUT2D eigenvalue weighted by atomic mass is 10.1. The predicted octanol–water partition coefficient (Wildman–Crippen LogP) is 5.93. The summed E-state index contributed by atoms with van der Waals surface area (Å²) in [5, 5.41) is 3.33. The second kappa shape index (κ2) is 8.19. The number of carbonyl (C=O) groups excluding carboxylic acids is 1. The summed E-state index contributed by atoms with van der Waals surface area (Å²) in [6.07, 6.45) is 0. The largest absolute Gasteiger partial charge is 0.488 e. The van der Waals surface area contributed by atoms with Crippen molar-refractivity contribution in [2.24, 2.45) is 0 Å². The maximum Gasteiger partial charge on any atom is 0.259 e. The van der Waals surface area contributed by atoms with Crippen LogP contribution in [0.2, 0.25) is 5.02 Å². The number of halogens is 2. The van der Waals surface area contributed by atoms with Crippen molar-refractivity contribution in [3.05, 3.63) is 93.4 Å². The van der Waals surface area contributed by atoms with Gasteiger partial charge >= 0.3 is 0 Å². The molecular formula is C20H15BrClNO2. The highest BCUT2D eigenvalue weighted by Crippen LogP contribution is 2.25. The van der Waals surface area contributed by atoms with Crippen molar-refractivity contribution in [2.45, 2.75) is 6.61 Å². The molecule has 5 heteroatoms. The van der Waals surface area contributed by atoms with Gasteiger partial charge in [-0.05, 0) is 48.0 Å². The van der Waals surface area contributed by atoms with Gasteiger partial charge in [0.25, 0.3) is 5.91 Å². The van der Waals surface area contributed by atoms with Crippen molar-refractivity contribution in [1.29, 1.82) is 0 Å². The Kier molecular flexibility index (Phi) is 5.74. The SMILES string of the molecule is O=C(Nc1ccc(Br)cc1)c1cc(Cl)ccc1OCc1ccccc1. The zero-order chi connectivity index (χ0) is 17.6. The van der Waals surface area contributed by atoms with Crippen LogP contribution in [0.3, 0.4) is 0 Å². The zero-order valence-corrected chi connectivity index (χ0v) is 15.5. The minimum Gasteiger partial charge on any atom is -0.488 e. The van der Waals surface area contributed by atoms with Crippen LogP contribution in [0.4, 0.5) is 5.69 Å². The molecule has 3 rings (SSSR count). The van der Waals surface area contributed by atoms with Crippen molar-refractivity contribution in [2.75, 3.05) is 5.32 Å². The van der Waals surface area contributed by atoms with E-state index in [1.165, 1.54) is 0 Å². The van der Waals surface area contributed by atoms with Gasteiger partial charge in [-0.2, -0.15) is 0 Å². The first-order valence-corrected chi connectivity index (χ1v) is 8.82. The van der Waals surface area contributed by atoms with Gasteiger partial charge in [0.05, 0.1) is 5.56 Å². The Bertz CT molecular complexity index is 867. The fraction of sp³-hybridized carbons (Fsp3) is 0.0500. The van der Waals surface area contributed by atoms with Crippen LogP contribution in [0.15, 0.2) is 77.3 Å². The number of hydrogen-bond acceptors (Lipinski definition) is 2. The van der Waals surface area contributed by atoms with E-state index in [1.807, 2.05) is 54.6 Å². The first-order chi connectivity index (χ1) is 12.1. The normalized spacial score (nSPS) is 10.3. The maximum atomic E-state index is 12.6. The van der Waals surface area contributed by atoms with Crippen LogP contribution in [0.1, 0.15) is 15.9 Å². The highest BCUT2D eigenvalue weighted by atomic mass is 79.9. The first kappa shape index (κ1) is 17.5. The minimum absolute atomic E-state index is 0.270. The van der Waals surface area contributed by atoms with E-state index in [1.54, 1.807) is 18.2 Å². The molecule has 1 amide bonds. The van der Waals surface area contributed by atoms with Gasteiger partial charge in [-0.1, -0.05) is 57.9 Å². The van der Waals surface area contributed by atoms with E-state index in [4.69, 9.17) is 16.3 Å². The molecule has 1 N–H and O–H groups in total. The quantitative estimate of drug-likeness (QED) is 0.559. The number of hydrogen-bond donors (Lipinski definition) is 1. The zero-order valence-electron chi connectivity index (χ0n) is 13.2. The predicted molar refractivity (Wildman–Crippen MR) is 104 cm³/mol. The molecule has 0 aliphatic rings. The second-order valence-corrected chi connectivity index (χ2v) is 6.73. The number of benzene rings is 3. The summed E-state index contributed by atoms with van der Waals surface area (Å²) >= 11 is 9.43. The number of nitrogens with one attached hydrogen (secondary N) is 1. The van der Waals surface area contributed by atoms with Crippen LogP contribution in [-0.2, 0) is 6.61 Å². The molecule has 0 fully saturated rings. The van der Waals surface area contributed by atoms with Gasteiger partial charge in [-0.3, -0.25) is 4.79 Å². The summed E-state index contributed by atoms with van der Waals surface area (Å²) in [4.78, 5) is 12.6. The monoisotopic (exact) mass is 415 g/mol. The topological polar surface area (TPSA) is 38.3 Å². The van der Waals surface area contributed by atoms with Crippen LogP contribution < -0.4 is 10.1 Å². The Hall–Kier alpha value is -2.30. The van der Waals surface area contributed by atoms with Crippen molar-refractivity contribution < 1.29 is 9.53 Å². The Morgan fingerprint density at radius 2 is 1.72 bits per heavy atom. The fourth-order valence-corrected chi connectivity index (χ4v) is 2.71. The summed E-state index contributed by atoms with van der Waals surface area (Å²) in [7, 11) is 0. The fourth-order valence-electron chi connectivity index (χ4n) is 2.27. The lowest BCUT2D eigenvalue weighted by Gasteiger charge is -2.12. The molecule has 0 unspecified atom stereocenters. The molecule has 0 bridgehead atoms. The third kappa shape index (κ3) is 4.84. The van der Waals surface area contributed by atoms with Crippen LogP contribution in [0, 0.1) is 0 Å². The van der Waals surface area contributed by atoms with E-state index >= 15 is 0 Å². The molecule has 0 saturated heterocycles. The number of amides is 1. The Morgan fingerprint density at radius 3 is 2.44 bits per heavy atom. The molecule has 0 aromatic heterocycles. The van der Waals surface area contributed by atoms with Gasteiger partial charge in [-0.15, -0.1) is 0 Å². The summed E-state index contributed by atoms with van der Waals surface area (Å²) in [6, 6.07) is 22.2. The molecule has 0 aliphatic heterocycles. The standard InChI is InChI=1S/C20H15BrClNO2/c21-15-6-9-17(10-7-15)23-20(24)18-12-16(22)8-11-19(18)25-13-14-4-2-1-3-5-14/h1-12H,13H2,(H,23,24). The van der Waals surface area contributed by atoms with Crippen LogP contribution in [0.25, 0.3) is 0 Å². The molecule has 0 heterocycles. The van der Waals surface area contributed by atoms with E-state index in [0.717, 1.165) is 10.0 Å². The van der Waals surface area contributed by atoms with E-state index in [-0.39, 0.29) is 5.91 Å². The van der Waals surface area contributed by atoms with Gasteiger partial charge in [0.15, 0.2) is 0 Å². The van der Waals surface area contributed by atoms with Gasteiger partial charge in [0.1, 0.15) is 12.4 Å². The molecule has 0 atom stereocenters. The maximum absolute atomic E-state index is 12.6. The van der Waals surface area contributed by atoms with E-state index < -0.39 is 0 Å². The number of rotatable bonds is 5. The van der Waals surface area contributed by atoms with Gasteiger partial charge in [0, 0.05) is 15.2 Å². The minimum atomic E-state index is -0.270. The third-order valence-electron chi connectivity index (χ3n) is 3.53. The number of anilines is 1. The van der Waals surface area contributed by atoms with Crippen molar-refractivity contribution >= 4 is 39.1 Å². The molecule has 3 aromatic rings. The molecule has 3 aromatic carbocycles. The van der Waals surface area contributed by atoms with E-state index in [2.05, 4.69) is 21.2 Å². The number of ether oxygens (including phenoxy) is 1. The second-order valence-electron chi connectivity index (χ2n) is 5.38. The third-order valence-corrected chi connectivity index (χ3v) is 4.29. The Morgan fingerprint density at radius 1 is 1.00 bits per heavy atom. The summed E-state index contributed by atoms with van der Waals surface area (Å²) in [5.41, 5.74) is 2.12. The van der Waals surface area contributed by atoms with Gasteiger partial charge in [0.2, 0.25) is 0 Å². The Balaban J connectivity index is 1.78. The van der Waals surface area contributed by atoms with Crippen molar-refractivity contribution in [3.63, 3.8) is 0 Å². The molecule has 3 nitrogen and oxygen atoms in total. The number of carbonyl (C=O) groups is 1. The molecule has 0 aliphatic carbocycles. The van der Waals surface area contributed by atoms with Crippen LogP contribution in [-0.4, -0.2) is 5.91 Å². The molecule has 126 valence electrons. The van der Waals surface area contributed by atoms with Crippen LogP contribution >= 0.6 is 27.5 Å². The molecule has 0 radical (unpaired) electrons. The highest BCUT2D eigenvalue weighted by Gasteiger charge is 2.14. The van der Waals surface area contributed by atoms with Crippen LogP contribution in [0.5, 0.6) is 5.75 Å². The highest BCUT2D eigenvalue weighted by molar-refractivity contribution is 9.10. The van der Waals surface area contributed by atoms with Gasteiger partial charge in [-0.25, -0.2) is 0 Å². The average molecular weight is 417 g/mol. The van der Waals surface area contributed by atoms with E-state index in [9.17, 15) is 4.79 Å². The van der Waals surface area contributed by atoms with Crippen molar-refractivity contribution in [1.82, 2.24) is 0 Å². The molecule has 0 spiro atoms. The Labute approximate surface area is 159 Å². The lowest BCUT2D eigenvalue weighted by molar-refractivity contribution is 0.102. The van der Waals surface area contributed by atoms with E-state index in [0.29, 0.717) is 28.6 Å². The average Bonchev–Trinajstić information content (AvgIpc) is 2.63. The van der Waals surface area contributed by atoms with Crippen molar-refractivity contribution in [3.8, 4) is 5.75 Å². The summed E-state index contributed by atoms with van der Waals surface area (Å²) in [5.74, 6) is 0.218.